The van der Waals surface area contributed by atoms with Gasteiger partial charge in [-0.2, -0.15) is 0 Å². The number of furan rings is 2. The molecule has 0 bridgehead atoms. The van der Waals surface area contributed by atoms with Crippen LogP contribution in [0.3, 0.4) is 0 Å². The molecule has 0 saturated heterocycles. The van der Waals surface area contributed by atoms with Gasteiger partial charge in [0.05, 0.1) is 65.3 Å². The fourth-order valence-electron chi connectivity index (χ4n) is 5.16. The number of carbonyl (C=O) groups excluding carboxylic acids is 1. The SMILES string of the molecule is COC(=O)c1cc(S(=O)(=O)NCc2ccccc2)c(Cl)cc1NCc1ccco1.O=C(O)c1cc(S(=O)(=O)NCc2ccccc2)c(Cl)cc1NCc1ccco1. The Bertz CT molecular complexity index is 2500. The van der Waals surface area contributed by atoms with Gasteiger partial charge in [-0.1, -0.05) is 83.9 Å². The van der Waals surface area contributed by atoms with E-state index in [0.29, 0.717) is 17.2 Å². The number of carbonyl (C=O) groups is 2. The Morgan fingerprint density at radius 2 is 1.04 bits per heavy atom. The lowest BCUT2D eigenvalue weighted by Gasteiger charge is -2.14. The zero-order valence-electron chi connectivity index (χ0n) is 30.1. The van der Waals surface area contributed by atoms with Gasteiger partial charge in [-0.05, 0) is 59.7 Å². The van der Waals surface area contributed by atoms with E-state index in [1.807, 2.05) is 24.3 Å². The average Bonchev–Trinajstić information content (AvgIpc) is 3.94. The molecule has 0 aliphatic carbocycles. The van der Waals surface area contributed by atoms with Gasteiger partial charge in [-0.25, -0.2) is 35.9 Å². The van der Waals surface area contributed by atoms with Crippen LogP contribution in [0.5, 0.6) is 0 Å². The Morgan fingerprint density at radius 3 is 1.42 bits per heavy atom. The van der Waals surface area contributed by atoms with Crippen LogP contribution in [0.25, 0.3) is 0 Å². The summed E-state index contributed by atoms with van der Waals surface area (Å²) in [5.74, 6) is -0.743. The van der Waals surface area contributed by atoms with Gasteiger partial charge in [0, 0.05) is 13.1 Å². The summed E-state index contributed by atoms with van der Waals surface area (Å²) in [6, 6.07) is 29.8. The highest BCUT2D eigenvalue weighted by molar-refractivity contribution is 7.89. The number of halogens is 2. The van der Waals surface area contributed by atoms with Crippen molar-refractivity contribution >= 4 is 66.6 Å². The third kappa shape index (κ3) is 11.7. The van der Waals surface area contributed by atoms with E-state index >= 15 is 0 Å². The Balaban J connectivity index is 0.000000218. The van der Waals surface area contributed by atoms with Crippen LogP contribution in [0, 0.1) is 0 Å². The number of ether oxygens (including phenoxy) is 1. The van der Waals surface area contributed by atoms with Crippen molar-refractivity contribution in [1.82, 2.24) is 9.44 Å². The van der Waals surface area contributed by atoms with Crippen molar-refractivity contribution in [2.75, 3.05) is 17.7 Å². The zero-order valence-corrected chi connectivity index (χ0v) is 33.2. The first-order chi connectivity index (χ1) is 27.3. The molecule has 2 heterocycles. The summed E-state index contributed by atoms with van der Waals surface area (Å²) in [4.78, 5) is 23.3. The lowest BCUT2D eigenvalue weighted by Crippen LogP contribution is -2.24. The van der Waals surface area contributed by atoms with Gasteiger partial charge in [0.1, 0.15) is 21.3 Å². The van der Waals surface area contributed by atoms with Crippen LogP contribution in [0.15, 0.2) is 140 Å². The van der Waals surface area contributed by atoms with Crippen LogP contribution in [0.2, 0.25) is 10.0 Å². The van der Waals surface area contributed by atoms with Crippen LogP contribution in [0.1, 0.15) is 43.4 Å². The minimum absolute atomic E-state index is 0.0276. The van der Waals surface area contributed by atoms with Crippen molar-refractivity contribution in [3.05, 3.63) is 166 Å². The largest absolute Gasteiger partial charge is 0.478 e. The van der Waals surface area contributed by atoms with Crippen molar-refractivity contribution in [2.24, 2.45) is 0 Å². The number of carboxylic acid groups (broad SMARTS) is 1. The number of hydrogen-bond donors (Lipinski definition) is 5. The van der Waals surface area contributed by atoms with Gasteiger partial charge in [-0.3, -0.25) is 0 Å². The Labute approximate surface area is 338 Å². The van der Waals surface area contributed by atoms with E-state index in [2.05, 4.69) is 20.1 Å². The number of esters is 1. The average molecular weight is 856 g/mol. The smallest absolute Gasteiger partial charge is 0.340 e. The van der Waals surface area contributed by atoms with E-state index in [1.165, 1.54) is 37.8 Å². The monoisotopic (exact) mass is 854 g/mol. The molecular formula is C39H36Cl2N4O10S2. The summed E-state index contributed by atoms with van der Waals surface area (Å²) in [6.07, 6.45) is 3.02. The van der Waals surface area contributed by atoms with Gasteiger partial charge in [0.2, 0.25) is 20.0 Å². The molecule has 0 amide bonds. The molecule has 0 spiro atoms. The predicted octanol–water partition coefficient (Wildman–Crippen LogP) is 7.53. The number of anilines is 2. The van der Waals surface area contributed by atoms with Crippen LogP contribution in [0.4, 0.5) is 11.4 Å². The number of hydrogen-bond acceptors (Lipinski definition) is 11. The minimum Gasteiger partial charge on any atom is -0.478 e. The van der Waals surface area contributed by atoms with E-state index in [0.717, 1.165) is 17.2 Å². The lowest BCUT2D eigenvalue weighted by atomic mass is 10.1. The number of methoxy groups -OCH3 is 1. The molecule has 57 heavy (non-hydrogen) atoms. The van der Waals surface area contributed by atoms with Crippen molar-refractivity contribution < 1.29 is 45.1 Å². The molecular weight excluding hydrogens is 819 g/mol. The highest BCUT2D eigenvalue weighted by Crippen LogP contribution is 2.31. The number of benzene rings is 4. The number of nitrogens with one attached hydrogen (secondary N) is 4. The van der Waals surface area contributed by atoms with Crippen molar-refractivity contribution in [2.45, 2.75) is 36.0 Å². The van der Waals surface area contributed by atoms with E-state index in [9.17, 15) is 31.5 Å². The molecule has 18 heteroatoms. The maximum absolute atomic E-state index is 12.8. The summed E-state index contributed by atoms with van der Waals surface area (Å²) in [6.45, 7) is 0.652. The van der Waals surface area contributed by atoms with E-state index in [4.69, 9.17) is 36.8 Å². The molecule has 0 saturated carbocycles. The van der Waals surface area contributed by atoms with Gasteiger partial charge in [-0.15, -0.1) is 0 Å². The second-order valence-electron chi connectivity index (χ2n) is 11.9. The quantitative estimate of drug-likeness (QED) is 0.0599. The maximum atomic E-state index is 12.8. The second-order valence-corrected chi connectivity index (χ2v) is 16.2. The molecule has 6 rings (SSSR count). The van der Waals surface area contributed by atoms with Crippen molar-refractivity contribution in [3.8, 4) is 0 Å². The molecule has 0 radical (unpaired) electrons. The van der Waals surface area contributed by atoms with Gasteiger partial charge >= 0.3 is 11.9 Å². The molecule has 2 aromatic heterocycles. The second kappa shape index (κ2) is 19.5. The number of aromatic carboxylic acids is 1. The number of sulfonamides is 2. The van der Waals surface area contributed by atoms with Crippen LogP contribution < -0.4 is 20.1 Å². The standard InChI is InChI=1S/C20H19ClN2O5S.C19H17ClN2O5S/c1-27-20(24)16-10-19(29(25,26)23-12-14-6-3-2-4-7-14)17(21)11-18(16)22-13-15-8-5-9-28-15;20-16-10-17(21-12-14-7-4-8-27-14)15(19(23)24)9-18(16)28(25,26)22-11-13-5-2-1-3-6-13/h2-11,22-23H,12-13H2,1H3;1-10,21-22H,11-12H2,(H,23,24). The Kier molecular flexibility index (Phi) is 14.5. The van der Waals surface area contributed by atoms with Crippen LogP contribution >= 0.6 is 23.2 Å². The molecule has 6 aromatic rings. The van der Waals surface area contributed by atoms with Gasteiger partial charge in [0.25, 0.3) is 0 Å². The summed E-state index contributed by atoms with van der Waals surface area (Å²) < 4.78 is 70.9. The maximum Gasteiger partial charge on any atom is 0.340 e. The topological polar surface area (TPSA) is 206 Å². The lowest BCUT2D eigenvalue weighted by molar-refractivity contribution is 0.0600. The molecule has 0 aliphatic rings. The van der Waals surface area contributed by atoms with Crippen molar-refractivity contribution in [3.63, 3.8) is 0 Å². The number of rotatable bonds is 16. The zero-order chi connectivity index (χ0) is 41.0. The molecule has 5 N–H and O–H groups in total. The van der Waals surface area contributed by atoms with Gasteiger partial charge in [0.15, 0.2) is 0 Å². The van der Waals surface area contributed by atoms with Crippen molar-refractivity contribution in [1.29, 1.82) is 0 Å². The predicted molar refractivity (Wildman–Crippen MR) is 214 cm³/mol. The normalized spacial score (nSPS) is 11.3. The molecule has 0 fully saturated rings. The first kappa shape index (κ1) is 42.5. The molecule has 298 valence electrons. The third-order valence-electron chi connectivity index (χ3n) is 8.04. The Hall–Kier alpha value is -5.62. The first-order valence-electron chi connectivity index (χ1n) is 16.9. The first-order valence-corrected chi connectivity index (χ1v) is 20.6. The molecule has 0 atom stereocenters. The summed E-state index contributed by atoms with van der Waals surface area (Å²) in [7, 11) is -6.76. The molecule has 4 aromatic carbocycles. The third-order valence-corrected chi connectivity index (χ3v) is 11.8. The Morgan fingerprint density at radius 1 is 0.614 bits per heavy atom. The van der Waals surface area contributed by atoms with Crippen LogP contribution in [-0.4, -0.2) is 41.0 Å². The molecule has 0 aliphatic heterocycles. The highest BCUT2D eigenvalue weighted by atomic mass is 35.5. The van der Waals surface area contributed by atoms with E-state index in [1.54, 1.807) is 60.7 Å². The summed E-state index contributed by atoms with van der Waals surface area (Å²) in [5, 5.41) is 15.3. The molecule has 14 nitrogen and oxygen atoms in total. The van der Waals surface area contributed by atoms with E-state index < -0.39 is 32.0 Å². The fraction of sp³-hybridized carbons (Fsp3) is 0.128. The highest BCUT2D eigenvalue weighted by Gasteiger charge is 2.25. The molecule has 0 unspecified atom stereocenters. The summed E-state index contributed by atoms with van der Waals surface area (Å²) in [5.41, 5.74) is 1.91. The van der Waals surface area contributed by atoms with Gasteiger partial charge < -0.3 is 29.3 Å². The fourth-order valence-corrected chi connectivity index (χ4v) is 8.30. The van der Waals surface area contributed by atoms with Crippen LogP contribution in [-0.2, 0) is 51.0 Å². The minimum atomic E-state index is -4.01. The summed E-state index contributed by atoms with van der Waals surface area (Å²) >= 11 is 12.4. The van der Waals surface area contributed by atoms with E-state index in [-0.39, 0.29) is 62.8 Å². The number of carboxylic acids is 1.